The molecule has 0 amide bonds. The van der Waals surface area contributed by atoms with Crippen molar-refractivity contribution >= 4 is 35.8 Å². The zero-order valence-corrected chi connectivity index (χ0v) is 17.3. The standard InChI is InChI=1S/C19H24FN5.HI/c1-21-19(23-11-9-16-6-2-3-7-17(16)20)25-14-12-24(13-15-25)18-8-4-5-10-22-18;/h2-8,10H,9,11-15H2,1H3,(H,21,23);1H. The van der Waals surface area contributed by atoms with E-state index < -0.39 is 0 Å². The van der Waals surface area contributed by atoms with Gasteiger partial charge in [0.15, 0.2) is 5.96 Å². The van der Waals surface area contributed by atoms with Crippen LogP contribution in [0.2, 0.25) is 0 Å². The van der Waals surface area contributed by atoms with Crippen LogP contribution in [0.5, 0.6) is 0 Å². The molecule has 1 aromatic carbocycles. The van der Waals surface area contributed by atoms with Gasteiger partial charge in [-0.25, -0.2) is 9.37 Å². The fraction of sp³-hybridized carbons (Fsp3) is 0.368. The Kier molecular flexibility index (Phi) is 8.08. The second-order valence-corrected chi connectivity index (χ2v) is 5.98. The first-order valence-electron chi connectivity index (χ1n) is 8.63. The van der Waals surface area contributed by atoms with Gasteiger partial charge in [0, 0.05) is 46.0 Å². The number of rotatable bonds is 4. The van der Waals surface area contributed by atoms with E-state index in [4.69, 9.17) is 0 Å². The first-order chi connectivity index (χ1) is 12.3. The molecule has 1 aromatic heterocycles. The lowest BCUT2D eigenvalue weighted by atomic mass is 10.1. The van der Waals surface area contributed by atoms with Gasteiger partial charge in [-0.2, -0.15) is 0 Å². The summed E-state index contributed by atoms with van der Waals surface area (Å²) in [5.41, 5.74) is 0.727. The molecule has 0 radical (unpaired) electrons. The zero-order valence-electron chi connectivity index (χ0n) is 14.9. The average Bonchev–Trinajstić information content (AvgIpc) is 2.67. The van der Waals surface area contributed by atoms with Crippen LogP contribution in [0.4, 0.5) is 10.2 Å². The average molecular weight is 469 g/mol. The first kappa shape index (κ1) is 20.4. The Morgan fingerprint density at radius 1 is 1.12 bits per heavy atom. The van der Waals surface area contributed by atoms with Gasteiger partial charge >= 0.3 is 0 Å². The molecule has 3 rings (SSSR count). The van der Waals surface area contributed by atoms with Crippen molar-refractivity contribution in [3.63, 3.8) is 0 Å². The first-order valence-corrected chi connectivity index (χ1v) is 8.63. The highest BCUT2D eigenvalue weighted by Gasteiger charge is 2.20. The molecule has 140 valence electrons. The van der Waals surface area contributed by atoms with Gasteiger partial charge < -0.3 is 15.1 Å². The predicted molar refractivity (Wildman–Crippen MR) is 115 cm³/mol. The van der Waals surface area contributed by atoms with Gasteiger partial charge in [0.25, 0.3) is 0 Å². The van der Waals surface area contributed by atoms with Gasteiger partial charge in [0.2, 0.25) is 0 Å². The van der Waals surface area contributed by atoms with Crippen molar-refractivity contribution in [2.24, 2.45) is 4.99 Å². The van der Waals surface area contributed by atoms with Crippen LogP contribution in [0, 0.1) is 5.82 Å². The van der Waals surface area contributed by atoms with Gasteiger partial charge in [-0.15, -0.1) is 24.0 Å². The second kappa shape index (κ2) is 10.3. The molecule has 0 aliphatic carbocycles. The molecule has 0 saturated carbocycles. The SMILES string of the molecule is CN=C(NCCc1ccccc1F)N1CCN(c2ccccn2)CC1.I. The molecule has 1 saturated heterocycles. The Morgan fingerprint density at radius 2 is 1.85 bits per heavy atom. The maximum atomic E-state index is 13.7. The number of nitrogens with one attached hydrogen (secondary N) is 1. The molecular formula is C19H25FIN5. The maximum Gasteiger partial charge on any atom is 0.193 e. The van der Waals surface area contributed by atoms with E-state index in [9.17, 15) is 4.39 Å². The molecule has 1 fully saturated rings. The van der Waals surface area contributed by atoms with E-state index in [0.29, 0.717) is 13.0 Å². The minimum atomic E-state index is -0.150. The van der Waals surface area contributed by atoms with Crippen LogP contribution in [0.3, 0.4) is 0 Å². The summed E-state index contributed by atoms with van der Waals surface area (Å²) in [7, 11) is 1.79. The maximum absolute atomic E-state index is 13.7. The Bertz CT molecular complexity index is 702. The summed E-state index contributed by atoms with van der Waals surface area (Å²) >= 11 is 0. The van der Waals surface area contributed by atoms with Gasteiger partial charge in [0.1, 0.15) is 11.6 Å². The lowest BCUT2D eigenvalue weighted by molar-refractivity contribution is 0.371. The summed E-state index contributed by atoms with van der Waals surface area (Å²) in [6, 6.07) is 12.9. The van der Waals surface area contributed by atoms with Gasteiger partial charge in [-0.1, -0.05) is 24.3 Å². The Labute approximate surface area is 171 Å². The molecule has 1 aliphatic heterocycles. The summed E-state index contributed by atoms with van der Waals surface area (Å²) in [6.07, 6.45) is 2.46. The third-order valence-electron chi connectivity index (χ3n) is 4.40. The highest BCUT2D eigenvalue weighted by molar-refractivity contribution is 14.0. The van der Waals surface area contributed by atoms with E-state index in [0.717, 1.165) is 43.5 Å². The quantitative estimate of drug-likeness (QED) is 0.425. The third kappa shape index (κ3) is 5.30. The lowest BCUT2D eigenvalue weighted by Gasteiger charge is -2.37. The van der Waals surface area contributed by atoms with E-state index in [2.05, 4.69) is 25.1 Å². The third-order valence-corrected chi connectivity index (χ3v) is 4.40. The fourth-order valence-corrected chi connectivity index (χ4v) is 3.03. The molecule has 26 heavy (non-hydrogen) atoms. The van der Waals surface area contributed by atoms with E-state index >= 15 is 0 Å². The van der Waals surface area contributed by atoms with Crippen LogP contribution < -0.4 is 10.2 Å². The molecule has 0 spiro atoms. The van der Waals surface area contributed by atoms with Crippen molar-refractivity contribution in [1.29, 1.82) is 0 Å². The van der Waals surface area contributed by atoms with Crippen LogP contribution in [0.25, 0.3) is 0 Å². The largest absolute Gasteiger partial charge is 0.356 e. The number of hydrogen-bond donors (Lipinski definition) is 1. The van der Waals surface area contributed by atoms with Crippen molar-refractivity contribution in [2.45, 2.75) is 6.42 Å². The number of halogens is 2. The number of pyridine rings is 1. The Balaban J connectivity index is 0.00000243. The summed E-state index contributed by atoms with van der Waals surface area (Å²) < 4.78 is 13.7. The summed E-state index contributed by atoms with van der Waals surface area (Å²) in [5, 5.41) is 3.34. The van der Waals surface area contributed by atoms with Crippen molar-refractivity contribution in [1.82, 2.24) is 15.2 Å². The number of guanidine groups is 1. The highest BCUT2D eigenvalue weighted by atomic mass is 127. The van der Waals surface area contributed by atoms with Gasteiger partial charge in [-0.05, 0) is 30.2 Å². The molecule has 5 nitrogen and oxygen atoms in total. The van der Waals surface area contributed by atoms with Crippen molar-refractivity contribution in [2.75, 3.05) is 44.7 Å². The van der Waals surface area contributed by atoms with Crippen molar-refractivity contribution < 1.29 is 4.39 Å². The zero-order chi connectivity index (χ0) is 17.5. The molecule has 0 bridgehead atoms. The Morgan fingerprint density at radius 3 is 2.50 bits per heavy atom. The van der Waals surface area contributed by atoms with E-state index in [-0.39, 0.29) is 29.8 Å². The summed E-state index contributed by atoms with van der Waals surface area (Å²) in [6.45, 7) is 4.25. The molecule has 1 aliphatic rings. The number of nitrogens with zero attached hydrogens (tertiary/aromatic N) is 4. The second-order valence-electron chi connectivity index (χ2n) is 5.98. The normalized spacial score (nSPS) is 14.8. The minimum Gasteiger partial charge on any atom is -0.356 e. The van der Waals surface area contributed by atoms with Crippen LogP contribution in [0.1, 0.15) is 5.56 Å². The van der Waals surface area contributed by atoms with Crippen LogP contribution >= 0.6 is 24.0 Å². The van der Waals surface area contributed by atoms with Crippen LogP contribution in [-0.2, 0) is 6.42 Å². The predicted octanol–water partition coefficient (Wildman–Crippen LogP) is 2.78. The topological polar surface area (TPSA) is 43.8 Å². The highest BCUT2D eigenvalue weighted by Crippen LogP contribution is 2.12. The molecule has 0 atom stereocenters. The van der Waals surface area contributed by atoms with E-state index in [1.807, 2.05) is 36.5 Å². The summed E-state index contributed by atoms with van der Waals surface area (Å²) in [4.78, 5) is 13.3. The number of aliphatic imine (C=N–C) groups is 1. The minimum absolute atomic E-state index is 0. The fourth-order valence-electron chi connectivity index (χ4n) is 3.03. The number of hydrogen-bond acceptors (Lipinski definition) is 3. The molecular weight excluding hydrogens is 444 g/mol. The van der Waals surface area contributed by atoms with Gasteiger partial charge in [0.05, 0.1) is 0 Å². The molecule has 7 heteroatoms. The molecule has 1 N–H and O–H groups in total. The van der Waals surface area contributed by atoms with E-state index in [1.54, 1.807) is 13.1 Å². The number of anilines is 1. The molecule has 0 unspecified atom stereocenters. The molecule has 2 heterocycles. The number of benzene rings is 1. The van der Waals surface area contributed by atoms with Crippen LogP contribution in [-0.4, -0.2) is 55.6 Å². The molecule has 2 aromatic rings. The summed E-state index contributed by atoms with van der Waals surface area (Å²) in [5.74, 6) is 1.74. The van der Waals surface area contributed by atoms with Crippen LogP contribution in [0.15, 0.2) is 53.7 Å². The van der Waals surface area contributed by atoms with E-state index in [1.165, 1.54) is 6.07 Å². The van der Waals surface area contributed by atoms with Crippen molar-refractivity contribution in [3.05, 3.63) is 60.0 Å². The Hall–Kier alpha value is -1.90. The number of piperazine rings is 1. The monoisotopic (exact) mass is 469 g/mol. The van der Waals surface area contributed by atoms with Crippen molar-refractivity contribution in [3.8, 4) is 0 Å². The smallest absolute Gasteiger partial charge is 0.193 e. The van der Waals surface area contributed by atoms with Gasteiger partial charge in [-0.3, -0.25) is 4.99 Å². The number of aromatic nitrogens is 1. The lowest BCUT2D eigenvalue weighted by Crippen LogP contribution is -2.53.